The van der Waals surface area contributed by atoms with Gasteiger partial charge in [0.2, 0.25) is 5.91 Å². The Labute approximate surface area is 131 Å². The highest BCUT2D eigenvalue weighted by atomic mass is 19.1. The first-order chi connectivity index (χ1) is 10.3. The third-order valence-electron chi connectivity index (χ3n) is 4.85. The summed E-state index contributed by atoms with van der Waals surface area (Å²) in [5.41, 5.74) is 6.00. The molecule has 1 aromatic carbocycles. The quantitative estimate of drug-likeness (QED) is 0.845. The van der Waals surface area contributed by atoms with Crippen LogP contribution in [-0.2, 0) is 16.0 Å². The maximum atomic E-state index is 12.8. The predicted octanol–water partition coefficient (Wildman–Crippen LogP) is 2.02. The number of halogens is 1. The number of rotatable bonds is 6. The molecule has 2 unspecified atom stereocenters. The second-order valence-corrected chi connectivity index (χ2v) is 6.47. The number of hydrogen-bond donors (Lipinski definition) is 2. The van der Waals surface area contributed by atoms with Crippen LogP contribution in [0.3, 0.4) is 0 Å². The molecule has 0 radical (unpaired) electrons. The fourth-order valence-electron chi connectivity index (χ4n) is 2.95. The maximum absolute atomic E-state index is 12.8. The summed E-state index contributed by atoms with van der Waals surface area (Å²) >= 11 is 0. The summed E-state index contributed by atoms with van der Waals surface area (Å²) in [5, 5.41) is 2.89. The lowest BCUT2D eigenvalue weighted by molar-refractivity contribution is -0.170. The summed E-state index contributed by atoms with van der Waals surface area (Å²) < 4.78 is 18.5. The summed E-state index contributed by atoms with van der Waals surface area (Å²) in [4.78, 5) is 12.4. The van der Waals surface area contributed by atoms with E-state index in [1.807, 2.05) is 20.8 Å². The molecule has 0 spiro atoms. The van der Waals surface area contributed by atoms with Crippen molar-refractivity contribution < 1.29 is 13.9 Å². The monoisotopic (exact) mass is 308 g/mol. The van der Waals surface area contributed by atoms with Gasteiger partial charge < -0.3 is 15.8 Å². The van der Waals surface area contributed by atoms with Crippen LogP contribution in [-0.4, -0.2) is 30.7 Å². The molecular formula is C17H25FN2O2. The van der Waals surface area contributed by atoms with E-state index in [0.717, 1.165) is 5.56 Å². The third-order valence-corrected chi connectivity index (χ3v) is 4.85. The lowest BCUT2D eigenvalue weighted by atomic mass is 9.54. The van der Waals surface area contributed by atoms with E-state index in [0.29, 0.717) is 26.0 Å². The van der Waals surface area contributed by atoms with Gasteiger partial charge in [-0.15, -0.1) is 0 Å². The molecule has 0 heterocycles. The van der Waals surface area contributed by atoms with Crippen molar-refractivity contribution in [1.29, 1.82) is 0 Å². The summed E-state index contributed by atoms with van der Waals surface area (Å²) in [6.45, 7) is 6.98. The van der Waals surface area contributed by atoms with Crippen LogP contribution in [0.25, 0.3) is 0 Å². The van der Waals surface area contributed by atoms with Gasteiger partial charge in [0.25, 0.3) is 0 Å². The summed E-state index contributed by atoms with van der Waals surface area (Å²) in [7, 11) is 0. The zero-order valence-corrected chi connectivity index (χ0v) is 13.5. The van der Waals surface area contributed by atoms with Crippen molar-refractivity contribution in [2.45, 2.75) is 45.3 Å². The van der Waals surface area contributed by atoms with E-state index in [4.69, 9.17) is 10.5 Å². The Bertz CT molecular complexity index is 530. The Morgan fingerprint density at radius 1 is 1.41 bits per heavy atom. The van der Waals surface area contributed by atoms with E-state index in [1.54, 1.807) is 12.1 Å². The lowest BCUT2D eigenvalue weighted by Crippen LogP contribution is -2.75. The van der Waals surface area contributed by atoms with Crippen molar-refractivity contribution in [3.63, 3.8) is 0 Å². The van der Waals surface area contributed by atoms with Crippen LogP contribution in [0.15, 0.2) is 24.3 Å². The van der Waals surface area contributed by atoms with E-state index in [2.05, 4.69) is 5.32 Å². The molecule has 22 heavy (non-hydrogen) atoms. The second kappa shape index (κ2) is 6.34. The SMILES string of the molecule is CCOC1CC(N)(C(=O)NCCc2ccc(F)cc2)C1(C)C. The molecule has 3 N–H and O–H groups in total. The van der Waals surface area contributed by atoms with Crippen molar-refractivity contribution in [2.75, 3.05) is 13.2 Å². The van der Waals surface area contributed by atoms with Crippen LogP contribution in [0.4, 0.5) is 4.39 Å². The molecule has 2 rings (SSSR count). The van der Waals surface area contributed by atoms with Gasteiger partial charge in [-0.25, -0.2) is 4.39 Å². The summed E-state index contributed by atoms with van der Waals surface area (Å²) in [5.74, 6) is -0.401. The Balaban J connectivity index is 1.86. The van der Waals surface area contributed by atoms with E-state index >= 15 is 0 Å². The van der Waals surface area contributed by atoms with Gasteiger partial charge in [0, 0.05) is 25.0 Å². The van der Waals surface area contributed by atoms with Crippen molar-refractivity contribution >= 4 is 5.91 Å². The van der Waals surface area contributed by atoms with Crippen molar-refractivity contribution in [3.05, 3.63) is 35.6 Å². The fraction of sp³-hybridized carbons (Fsp3) is 0.588. The van der Waals surface area contributed by atoms with Crippen LogP contribution < -0.4 is 11.1 Å². The molecule has 1 aliphatic carbocycles. The summed E-state index contributed by atoms with van der Waals surface area (Å²) in [6, 6.07) is 6.28. The first kappa shape index (κ1) is 16.9. The molecule has 1 amide bonds. The Morgan fingerprint density at radius 3 is 2.59 bits per heavy atom. The first-order valence-corrected chi connectivity index (χ1v) is 7.74. The van der Waals surface area contributed by atoms with Crippen LogP contribution in [0.2, 0.25) is 0 Å². The van der Waals surface area contributed by atoms with E-state index in [1.165, 1.54) is 12.1 Å². The van der Waals surface area contributed by atoms with Gasteiger partial charge in [-0.2, -0.15) is 0 Å². The van der Waals surface area contributed by atoms with Gasteiger partial charge >= 0.3 is 0 Å². The van der Waals surface area contributed by atoms with Crippen molar-refractivity contribution in [1.82, 2.24) is 5.32 Å². The number of nitrogens with one attached hydrogen (secondary N) is 1. The minimum Gasteiger partial charge on any atom is -0.378 e. The molecule has 0 saturated heterocycles. The number of amides is 1. The fourth-order valence-corrected chi connectivity index (χ4v) is 2.95. The van der Waals surface area contributed by atoms with Crippen LogP contribution in [0, 0.1) is 11.2 Å². The average Bonchev–Trinajstić information content (AvgIpc) is 2.48. The highest BCUT2D eigenvalue weighted by Gasteiger charge is 2.62. The highest BCUT2D eigenvalue weighted by molar-refractivity contribution is 5.88. The molecule has 0 aromatic heterocycles. The number of carbonyl (C=O) groups is 1. The van der Waals surface area contributed by atoms with E-state index in [-0.39, 0.29) is 23.2 Å². The Hall–Kier alpha value is -1.46. The molecule has 0 aliphatic heterocycles. The van der Waals surface area contributed by atoms with Gasteiger partial charge in [-0.05, 0) is 31.0 Å². The smallest absolute Gasteiger partial charge is 0.240 e. The van der Waals surface area contributed by atoms with Crippen molar-refractivity contribution in [3.8, 4) is 0 Å². The van der Waals surface area contributed by atoms with Crippen molar-refractivity contribution in [2.24, 2.45) is 11.1 Å². The molecule has 122 valence electrons. The van der Waals surface area contributed by atoms with Gasteiger partial charge in [-0.1, -0.05) is 26.0 Å². The number of benzene rings is 1. The van der Waals surface area contributed by atoms with Gasteiger partial charge in [0.1, 0.15) is 11.4 Å². The third kappa shape index (κ3) is 3.01. The van der Waals surface area contributed by atoms with Gasteiger partial charge in [0.05, 0.1) is 6.10 Å². The molecule has 1 aliphatic rings. The predicted molar refractivity (Wildman–Crippen MR) is 83.8 cm³/mol. The van der Waals surface area contributed by atoms with Gasteiger partial charge in [0.15, 0.2) is 0 Å². The zero-order chi connectivity index (χ0) is 16.4. The Kier molecular flexibility index (Phi) is 4.87. The molecule has 5 heteroatoms. The second-order valence-electron chi connectivity index (χ2n) is 6.47. The number of carbonyl (C=O) groups excluding carboxylic acids is 1. The minimum absolute atomic E-state index is 0.0188. The lowest BCUT2D eigenvalue weighted by Gasteiger charge is -2.57. The van der Waals surface area contributed by atoms with Crippen LogP contribution in [0.5, 0.6) is 0 Å². The first-order valence-electron chi connectivity index (χ1n) is 7.74. The highest BCUT2D eigenvalue weighted by Crippen LogP contribution is 2.49. The largest absolute Gasteiger partial charge is 0.378 e. The Morgan fingerprint density at radius 2 is 2.05 bits per heavy atom. The van der Waals surface area contributed by atoms with Crippen LogP contribution >= 0.6 is 0 Å². The molecule has 4 nitrogen and oxygen atoms in total. The molecule has 0 bridgehead atoms. The molecule has 1 saturated carbocycles. The minimum atomic E-state index is -0.893. The number of ether oxygens (including phenoxy) is 1. The van der Waals surface area contributed by atoms with E-state index < -0.39 is 5.54 Å². The standard InChI is InChI=1S/C17H25FN2O2/c1-4-22-14-11-17(19,16(14,2)3)15(21)20-10-9-12-5-7-13(18)8-6-12/h5-8,14H,4,9-11,19H2,1-3H3,(H,20,21). The summed E-state index contributed by atoms with van der Waals surface area (Å²) in [6.07, 6.45) is 1.21. The normalized spacial score (nSPS) is 26.3. The van der Waals surface area contributed by atoms with Crippen LogP contribution in [0.1, 0.15) is 32.8 Å². The van der Waals surface area contributed by atoms with Gasteiger partial charge in [-0.3, -0.25) is 4.79 Å². The average molecular weight is 308 g/mol. The number of hydrogen-bond acceptors (Lipinski definition) is 3. The van der Waals surface area contributed by atoms with E-state index in [9.17, 15) is 9.18 Å². The zero-order valence-electron chi connectivity index (χ0n) is 13.5. The molecule has 2 atom stereocenters. The topological polar surface area (TPSA) is 64.3 Å². The molecular weight excluding hydrogens is 283 g/mol. The number of nitrogens with two attached hydrogens (primary N) is 1. The maximum Gasteiger partial charge on any atom is 0.240 e. The molecule has 1 aromatic rings. The molecule has 1 fully saturated rings.